The van der Waals surface area contributed by atoms with Crippen molar-refractivity contribution < 1.29 is 9.53 Å². The summed E-state index contributed by atoms with van der Waals surface area (Å²) in [5.74, 6) is 1.83. The molecule has 1 saturated heterocycles. The molecule has 0 saturated carbocycles. The first-order chi connectivity index (χ1) is 11.2. The molecule has 1 amide bonds. The maximum Gasteiger partial charge on any atom is 0.222 e. The minimum atomic E-state index is 0.268. The van der Waals surface area contributed by atoms with E-state index in [-0.39, 0.29) is 5.91 Å². The highest BCUT2D eigenvalue weighted by molar-refractivity contribution is 9.10. The number of amides is 1. The second-order valence-corrected chi connectivity index (χ2v) is 6.96. The van der Waals surface area contributed by atoms with Crippen molar-refractivity contribution in [1.82, 2.24) is 10.2 Å². The number of carbonyl (C=O) groups is 1. The topological polar surface area (TPSA) is 41.6 Å². The van der Waals surface area contributed by atoms with Crippen LogP contribution >= 0.6 is 15.9 Å². The van der Waals surface area contributed by atoms with Gasteiger partial charge in [-0.25, -0.2) is 0 Å². The highest BCUT2D eigenvalue weighted by Gasteiger charge is 2.21. The Labute approximate surface area is 147 Å². The quantitative estimate of drug-likeness (QED) is 0.699. The van der Waals surface area contributed by atoms with Crippen molar-refractivity contribution in [3.63, 3.8) is 0 Å². The SMILES string of the molecule is CCNCC1CCN(C(=O)CCCOc2cccc(Br)c2)CC1. The summed E-state index contributed by atoms with van der Waals surface area (Å²) < 4.78 is 6.68. The van der Waals surface area contributed by atoms with E-state index in [9.17, 15) is 4.79 Å². The number of piperidine rings is 1. The van der Waals surface area contributed by atoms with Gasteiger partial charge >= 0.3 is 0 Å². The Morgan fingerprint density at radius 2 is 2.17 bits per heavy atom. The summed E-state index contributed by atoms with van der Waals surface area (Å²) in [7, 11) is 0. The minimum Gasteiger partial charge on any atom is -0.494 e. The van der Waals surface area contributed by atoms with E-state index in [4.69, 9.17) is 4.74 Å². The third-order valence-electron chi connectivity index (χ3n) is 4.25. The number of hydrogen-bond donors (Lipinski definition) is 1. The Bertz CT molecular complexity index is 488. The molecule has 23 heavy (non-hydrogen) atoms. The molecule has 0 unspecified atom stereocenters. The number of benzene rings is 1. The van der Waals surface area contributed by atoms with Crippen LogP contribution in [0.1, 0.15) is 32.6 Å². The molecule has 2 rings (SSSR count). The first-order valence-corrected chi connectivity index (χ1v) is 9.35. The summed E-state index contributed by atoms with van der Waals surface area (Å²) >= 11 is 3.42. The molecular formula is C18H27BrN2O2. The fraction of sp³-hybridized carbons (Fsp3) is 0.611. The van der Waals surface area contributed by atoms with Crippen LogP contribution in [0.2, 0.25) is 0 Å². The highest BCUT2D eigenvalue weighted by Crippen LogP contribution is 2.19. The van der Waals surface area contributed by atoms with Gasteiger partial charge in [-0.1, -0.05) is 28.9 Å². The van der Waals surface area contributed by atoms with Gasteiger partial charge in [0, 0.05) is 24.0 Å². The van der Waals surface area contributed by atoms with Gasteiger partial charge in [-0.15, -0.1) is 0 Å². The largest absolute Gasteiger partial charge is 0.494 e. The number of halogens is 1. The third-order valence-corrected chi connectivity index (χ3v) is 4.74. The normalized spacial score (nSPS) is 15.7. The number of likely N-dealkylation sites (tertiary alicyclic amines) is 1. The lowest BCUT2D eigenvalue weighted by atomic mass is 9.96. The molecule has 0 aliphatic carbocycles. The van der Waals surface area contributed by atoms with Crippen LogP contribution in [0.5, 0.6) is 5.75 Å². The summed E-state index contributed by atoms with van der Waals surface area (Å²) in [4.78, 5) is 14.2. The lowest BCUT2D eigenvalue weighted by Gasteiger charge is -2.32. The van der Waals surface area contributed by atoms with Crippen molar-refractivity contribution in [3.05, 3.63) is 28.7 Å². The molecule has 1 heterocycles. The fourth-order valence-corrected chi connectivity index (χ4v) is 3.24. The van der Waals surface area contributed by atoms with Crippen molar-refractivity contribution in [2.45, 2.75) is 32.6 Å². The summed E-state index contributed by atoms with van der Waals surface area (Å²) in [6, 6.07) is 7.79. The maximum absolute atomic E-state index is 12.2. The summed E-state index contributed by atoms with van der Waals surface area (Å²) in [5, 5.41) is 3.40. The second-order valence-electron chi connectivity index (χ2n) is 6.04. The average molecular weight is 383 g/mol. The van der Waals surface area contributed by atoms with Gasteiger partial charge < -0.3 is 15.0 Å². The highest BCUT2D eigenvalue weighted by atomic mass is 79.9. The monoisotopic (exact) mass is 382 g/mol. The van der Waals surface area contributed by atoms with E-state index in [1.807, 2.05) is 29.2 Å². The molecule has 1 aromatic carbocycles. The van der Waals surface area contributed by atoms with Gasteiger partial charge in [0.25, 0.3) is 0 Å². The van der Waals surface area contributed by atoms with Crippen molar-refractivity contribution in [3.8, 4) is 5.75 Å². The number of nitrogens with one attached hydrogen (secondary N) is 1. The van der Waals surface area contributed by atoms with E-state index in [2.05, 4.69) is 28.2 Å². The van der Waals surface area contributed by atoms with E-state index in [1.165, 1.54) is 0 Å². The van der Waals surface area contributed by atoms with Gasteiger partial charge in [-0.05, 0) is 56.5 Å². The van der Waals surface area contributed by atoms with Crippen LogP contribution in [-0.2, 0) is 4.79 Å². The summed E-state index contributed by atoms with van der Waals surface area (Å²) in [5.41, 5.74) is 0. The Morgan fingerprint density at radius 1 is 1.39 bits per heavy atom. The van der Waals surface area contributed by atoms with Crippen LogP contribution in [0.3, 0.4) is 0 Å². The smallest absolute Gasteiger partial charge is 0.222 e. The predicted molar refractivity (Wildman–Crippen MR) is 96.7 cm³/mol. The van der Waals surface area contributed by atoms with Crippen LogP contribution in [0.15, 0.2) is 28.7 Å². The van der Waals surface area contributed by atoms with Crippen molar-refractivity contribution >= 4 is 21.8 Å². The summed E-state index contributed by atoms with van der Waals surface area (Å²) in [6.07, 6.45) is 3.58. The predicted octanol–water partition coefficient (Wildman–Crippen LogP) is 3.46. The lowest BCUT2D eigenvalue weighted by molar-refractivity contribution is -0.132. The van der Waals surface area contributed by atoms with E-state index in [1.54, 1.807) is 0 Å². The van der Waals surface area contributed by atoms with Crippen molar-refractivity contribution in [2.75, 3.05) is 32.8 Å². The number of nitrogens with zero attached hydrogens (tertiary/aromatic N) is 1. The molecule has 0 aromatic heterocycles. The van der Waals surface area contributed by atoms with Crippen LogP contribution in [-0.4, -0.2) is 43.6 Å². The zero-order valence-corrected chi connectivity index (χ0v) is 15.5. The Kier molecular flexibility index (Phi) is 7.89. The molecule has 0 spiro atoms. The molecule has 1 fully saturated rings. The van der Waals surface area contributed by atoms with Crippen LogP contribution in [0.25, 0.3) is 0 Å². The molecule has 1 aliphatic heterocycles. The Morgan fingerprint density at radius 3 is 2.87 bits per heavy atom. The van der Waals surface area contributed by atoms with E-state index < -0.39 is 0 Å². The zero-order chi connectivity index (χ0) is 16.5. The van der Waals surface area contributed by atoms with Crippen molar-refractivity contribution in [2.24, 2.45) is 5.92 Å². The molecule has 1 aliphatic rings. The molecule has 128 valence electrons. The average Bonchev–Trinajstić information content (AvgIpc) is 2.57. The van der Waals surface area contributed by atoms with Crippen LogP contribution < -0.4 is 10.1 Å². The molecule has 1 aromatic rings. The van der Waals surface area contributed by atoms with Crippen LogP contribution in [0, 0.1) is 5.92 Å². The second kappa shape index (κ2) is 9.93. The van der Waals surface area contributed by atoms with E-state index in [0.717, 1.165) is 61.6 Å². The Hall–Kier alpha value is -1.07. The molecule has 0 bridgehead atoms. The minimum absolute atomic E-state index is 0.268. The van der Waals surface area contributed by atoms with Gasteiger partial charge in [0.05, 0.1) is 6.61 Å². The van der Waals surface area contributed by atoms with Gasteiger partial charge in [-0.3, -0.25) is 4.79 Å². The van der Waals surface area contributed by atoms with Gasteiger partial charge in [0.2, 0.25) is 5.91 Å². The molecule has 1 N–H and O–H groups in total. The standard InChI is InChI=1S/C18H27BrN2O2/c1-2-20-14-15-8-10-21(11-9-15)18(22)7-4-12-23-17-6-3-5-16(19)13-17/h3,5-6,13,15,20H,2,4,7-12,14H2,1H3. The molecule has 0 radical (unpaired) electrons. The first-order valence-electron chi connectivity index (χ1n) is 8.56. The van der Waals surface area contributed by atoms with Gasteiger partial charge in [-0.2, -0.15) is 0 Å². The van der Waals surface area contributed by atoms with Gasteiger partial charge in [0.15, 0.2) is 0 Å². The molecule has 4 nitrogen and oxygen atoms in total. The maximum atomic E-state index is 12.2. The first kappa shape index (κ1) is 18.3. The summed E-state index contributed by atoms with van der Waals surface area (Å²) in [6.45, 7) is 6.63. The van der Waals surface area contributed by atoms with E-state index in [0.29, 0.717) is 13.0 Å². The molecule has 5 heteroatoms. The lowest BCUT2D eigenvalue weighted by Crippen LogP contribution is -2.40. The number of carbonyl (C=O) groups excluding carboxylic acids is 1. The number of rotatable bonds is 8. The van der Waals surface area contributed by atoms with Gasteiger partial charge in [0.1, 0.15) is 5.75 Å². The van der Waals surface area contributed by atoms with Crippen molar-refractivity contribution in [1.29, 1.82) is 0 Å². The number of ether oxygens (including phenoxy) is 1. The third kappa shape index (κ3) is 6.51. The van der Waals surface area contributed by atoms with Crippen LogP contribution in [0.4, 0.5) is 0 Å². The Balaban J connectivity index is 1.60. The molecular weight excluding hydrogens is 356 g/mol. The molecule has 0 atom stereocenters. The fourth-order valence-electron chi connectivity index (χ4n) is 2.86. The van der Waals surface area contributed by atoms with E-state index >= 15 is 0 Å². The zero-order valence-electron chi connectivity index (χ0n) is 13.9. The number of hydrogen-bond acceptors (Lipinski definition) is 3.